The van der Waals surface area contributed by atoms with Gasteiger partial charge in [0.25, 0.3) is 5.91 Å². The number of hydrogen-bond donors (Lipinski definition) is 1. The third-order valence-corrected chi connectivity index (χ3v) is 4.63. The summed E-state index contributed by atoms with van der Waals surface area (Å²) < 4.78 is 34.9. The maximum absolute atomic E-state index is 12.6. The van der Waals surface area contributed by atoms with Crippen LogP contribution in [0.15, 0.2) is 42.6 Å². The summed E-state index contributed by atoms with van der Waals surface area (Å²) in [5.74, 6) is -0.537. The molecular weight excluding hydrogens is 422 g/mol. The van der Waals surface area contributed by atoms with Crippen molar-refractivity contribution in [1.29, 1.82) is 0 Å². The minimum absolute atomic E-state index is 0.0167. The summed E-state index contributed by atoms with van der Waals surface area (Å²) in [5.41, 5.74) is 0.287. The summed E-state index contributed by atoms with van der Waals surface area (Å²) >= 11 is 0. The Morgan fingerprint density at radius 3 is 2.34 bits per heavy atom. The Balaban J connectivity index is 1.57. The van der Waals surface area contributed by atoms with Gasteiger partial charge < -0.3 is 24.6 Å². The van der Waals surface area contributed by atoms with Crippen LogP contribution in [0.3, 0.4) is 0 Å². The summed E-state index contributed by atoms with van der Waals surface area (Å²) in [4.78, 5) is 32.6. The molecule has 172 valence electrons. The Morgan fingerprint density at radius 1 is 1.06 bits per heavy atom. The normalized spacial score (nSPS) is 14.3. The number of piperazine rings is 1. The number of alkyl halides is 2. The molecule has 2 aromatic rings. The lowest BCUT2D eigenvalue weighted by Gasteiger charge is -2.36. The lowest BCUT2D eigenvalue weighted by Crippen LogP contribution is -2.50. The average Bonchev–Trinajstić information content (AvgIpc) is 2.73. The lowest BCUT2D eigenvalue weighted by atomic mass is 10.2. The van der Waals surface area contributed by atoms with E-state index in [0.29, 0.717) is 26.2 Å². The van der Waals surface area contributed by atoms with Crippen molar-refractivity contribution in [2.45, 2.75) is 33.0 Å². The fourth-order valence-corrected chi connectivity index (χ4v) is 3.16. The maximum Gasteiger partial charge on any atom is 0.410 e. The number of rotatable bonds is 5. The van der Waals surface area contributed by atoms with Crippen molar-refractivity contribution in [3.05, 3.63) is 48.2 Å². The van der Waals surface area contributed by atoms with Gasteiger partial charge in [0.15, 0.2) is 0 Å². The maximum atomic E-state index is 12.6. The minimum atomic E-state index is -3.03. The number of benzene rings is 1. The van der Waals surface area contributed by atoms with Crippen LogP contribution in [-0.4, -0.2) is 60.3 Å². The highest BCUT2D eigenvalue weighted by Crippen LogP contribution is 2.22. The van der Waals surface area contributed by atoms with Crippen molar-refractivity contribution in [3.63, 3.8) is 0 Å². The zero-order chi connectivity index (χ0) is 23.3. The standard InChI is InChI=1S/C22H26F2N4O4/c1-22(2,3)32-21(30)28-12-10-27(11-13-28)15-8-9-18(25-14-15)26-19(29)16-6-4-5-7-17(16)31-20(23)24/h4-9,14,20H,10-13H2,1-3H3,(H,25,26,29). The zero-order valence-corrected chi connectivity index (χ0v) is 18.2. The molecule has 0 spiro atoms. The molecule has 2 heterocycles. The number of nitrogens with one attached hydrogen (secondary N) is 1. The molecule has 0 unspecified atom stereocenters. The first-order valence-electron chi connectivity index (χ1n) is 10.2. The van der Waals surface area contributed by atoms with Crippen molar-refractivity contribution < 1.29 is 27.8 Å². The largest absolute Gasteiger partial charge is 0.444 e. The molecule has 8 nitrogen and oxygen atoms in total. The van der Waals surface area contributed by atoms with Crippen LogP contribution in [0.4, 0.5) is 25.1 Å². The average molecular weight is 448 g/mol. The molecule has 1 saturated heterocycles. The Labute approximate surface area is 185 Å². The molecule has 1 aromatic heterocycles. The predicted octanol–water partition coefficient (Wildman–Crippen LogP) is 3.99. The molecule has 1 fully saturated rings. The number of aromatic nitrogens is 1. The van der Waals surface area contributed by atoms with Gasteiger partial charge in [-0.25, -0.2) is 9.78 Å². The van der Waals surface area contributed by atoms with Crippen molar-refractivity contribution in [3.8, 4) is 5.75 Å². The van der Waals surface area contributed by atoms with Crippen LogP contribution in [0.25, 0.3) is 0 Å². The first-order chi connectivity index (χ1) is 15.1. The van der Waals surface area contributed by atoms with Crippen LogP contribution in [0.1, 0.15) is 31.1 Å². The van der Waals surface area contributed by atoms with E-state index in [-0.39, 0.29) is 23.2 Å². The fraction of sp³-hybridized carbons (Fsp3) is 0.409. The molecule has 3 rings (SSSR count). The molecule has 0 aliphatic carbocycles. The molecular formula is C22H26F2N4O4. The Morgan fingerprint density at radius 2 is 1.75 bits per heavy atom. The van der Waals surface area contributed by atoms with E-state index in [1.54, 1.807) is 29.3 Å². The highest BCUT2D eigenvalue weighted by atomic mass is 19.3. The summed E-state index contributed by atoms with van der Waals surface area (Å²) in [6.07, 6.45) is 1.28. The molecule has 1 aromatic carbocycles. The molecule has 2 amide bonds. The van der Waals surface area contributed by atoms with Gasteiger partial charge in [-0.1, -0.05) is 12.1 Å². The third kappa shape index (κ3) is 6.29. The number of hydrogen-bond acceptors (Lipinski definition) is 6. The van der Waals surface area contributed by atoms with E-state index in [4.69, 9.17) is 4.74 Å². The predicted molar refractivity (Wildman–Crippen MR) is 115 cm³/mol. The van der Waals surface area contributed by atoms with Crippen molar-refractivity contribution >= 4 is 23.5 Å². The smallest absolute Gasteiger partial charge is 0.410 e. The Bertz CT molecular complexity index is 940. The summed E-state index contributed by atoms with van der Waals surface area (Å²) in [7, 11) is 0. The van der Waals surface area contributed by atoms with Gasteiger partial charge in [0, 0.05) is 26.2 Å². The number of ether oxygens (including phenoxy) is 2. The second-order valence-corrected chi connectivity index (χ2v) is 8.18. The highest BCUT2D eigenvalue weighted by molar-refractivity contribution is 6.05. The summed E-state index contributed by atoms with van der Waals surface area (Å²) in [6.45, 7) is 4.74. The number of para-hydroxylation sites is 1. The number of nitrogens with zero attached hydrogens (tertiary/aromatic N) is 3. The van der Waals surface area contributed by atoms with Crippen LogP contribution in [0, 0.1) is 0 Å². The van der Waals surface area contributed by atoms with Gasteiger partial charge in [-0.3, -0.25) is 4.79 Å². The molecule has 0 atom stereocenters. The Kier molecular flexibility index (Phi) is 7.12. The second-order valence-electron chi connectivity index (χ2n) is 8.18. The summed E-state index contributed by atoms with van der Waals surface area (Å²) in [6, 6.07) is 9.18. The number of amides is 2. The number of pyridine rings is 1. The van der Waals surface area contributed by atoms with Gasteiger partial charge in [0.2, 0.25) is 0 Å². The van der Waals surface area contributed by atoms with Gasteiger partial charge >= 0.3 is 12.7 Å². The van der Waals surface area contributed by atoms with Crippen LogP contribution in [0.2, 0.25) is 0 Å². The first kappa shape index (κ1) is 23.2. The molecule has 0 radical (unpaired) electrons. The molecule has 0 bridgehead atoms. The van der Waals surface area contributed by atoms with E-state index in [9.17, 15) is 18.4 Å². The van der Waals surface area contributed by atoms with E-state index in [2.05, 4.69) is 19.9 Å². The van der Waals surface area contributed by atoms with Crippen molar-refractivity contribution in [1.82, 2.24) is 9.88 Å². The first-order valence-corrected chi connectivity index (χ1v) is 10.2. The molecule has 1 aliphatic heterocycles. The fourth-order valence-electron chi connectivity index (χ4n) is 3.16. The third-order valence-electron chi connectivity index (χ3n) is 4.63. The van der Waals surface area contributed by atoms with Crippen LogP contribution >= 0.6 is 0 Å². The molecule has 10 heteroatoms. The van der Waals surface area contributed by atoms with E-state index in [1.165, 1.54) is 18.2 Å². The van der Waals surface area contributed by atoms with E-state index < -0.39 is 18.1 Å². The number of anilines is 2. The summed E-state index contributed by atoms with van der Waals surface area (Å²) in [5, 5.41) is 2.58. The van der Waals surface area contributed by atoms with E-state index in [1.807, 2.05) is 20.8 Å². The van der Waals surface area contributed by atoms with E-state index >= 15 is 0 Å². The lowest BCUT2D eigenvalue weighted by molar-refractivity contribution is -0.0501. The van der Waals surface area contributed by atoms with Crippen molar-refractivity contribution in [2.75, 3.05) is 36.4 Å². The SMILES string of the molecule is CC(C)(C)OC(=O)N1CCN(c2ccc(NC(=O)c3ccccc3OC(F)F)nc2)CC1. The molecule has 32 heavy (non-hydrogen) atoms. The zero-order valence-electron chi connectivity index (χ0n) is 18.2. The number of halogens is 2. The molecule has 1 aliphatic rings. The number of carbonyl (C=O) groups is 2. The van der Waals surface area contributed by atoms with E-state index in [0.717, 1.165) is 5.69 Å². The van der Waals surface area contributed by atoms with Gasteiger partial charge in [-0.05, 0) is 45.0 Å². The topological polar surface area (TPSA) is 84.0 Å². The number of carbonyl (C=O) groups excluding carboxylic acids is 2. The molecule has 1 N–H and O–H groups in total. The van der Waals surface area contributed by atoms with Crippen molar-refractivity contribution in [2.24, 2.45) is 0 Å². The quantitative estimate of drug-likeness (QED) is 0.745. The van der Waals surface area contributed by atoms with Crippen LogP contribution < -0.4 is 15.0 Å². The van der Waals surface area contributed by atoms with Gasteiger partial charge in [0.1, 0.15) is 17.2 Å². The Hall–Kier alpha value is -3.43. The van der Waals surface area contributed by atoms with Gasteiger partial charge in [-0.15, -0.1) is 0 Å². The van der Waals surface area contributed by atoms with Gasteiger partial charge in [-0.2, -0.15) is 8.78 Å². The highest BCUT2D eigenvalue weighted by Gasteiger charge is 2.26. The molecule has 0 saturated carbocycles. The monoisotopic (exact) mass is 448 g/mol. The second kappa shape index (κ2) is 9.80. The van der Waals surface area contributed by atoms with Crippen LogP contribution in [-0.2, 0) is 4.74 Å². The minimum Gasteiger partial charge on any atom is -0.444 e. The van der Waals surface area contributed by atoms with Gasteiger partial charge in [0.05, 0.1) is 17.4 Å². The van der Waals surface area contributed by atoms with Crippen LogP contribution in [0.5, 0.6) is 5.75 Å².